The van der Waals surface area contributed by atoms with Crippen molar-refractivity contribution in [2.75, 3.05) is 0 Å². The Morgan fingerprint density at radius 3 is 1.21 bits per heavy atom. The van der Waals surface area contributed by atoms with Crippen molar-refractivity contribution in [2.24, 2.45) is 0 Å². The van der Waals surface area contributed by atoms with Gasteiger partial charge in [0.05, 0.1) is 16.5 Å². The molecule has 0 radical (unpaired) electrons. The molecule has 1 aliphatic heterocycles. The summed E-state index contributed by atoms with van der Waals surface area (Å²) in [6.07, 6.45) is -9.81. The predicted octanol–water partition coefficient (Wildman–Crippen LogP) is 11.8. The van der Waals surface area contributed by atoms with E-state index in [1.165, 1.54) is 12.1 Å². The van der Waals surface area contributed by atoms with Crippen molar-refractivity contribution in [3.05, 3.63) is 166 Å². The quantitative estimate of drug-likeness (QED) is 0.168. The van der Waals surface area contributed by atoms with Crippen molar-refractivity contribution in [3.8, 4) is 44.9 Å². The number of hydrogen-bond donors (Lipinski definition) is 0. The van der Waals surface area contributed by atoms with Crippen molar-refractivity contribution in [1.82, 2.24) is 0 Å². The molecule has 0 aromatic heterocycles. The van der Waals surface area contributed by atoms with E-state index in [0.29, 0.717) is 44.9 Å². The lowest BCUT2D eigenvalue weighted by Crippen LogP contribution is -2.32. The molecule has 1 aliphatic carbocycles. The first kappa shape index (κ1) is 29.9. The van der Waals surface area contributed by atoms with Crippen LogP contribution in [0.5, 0.6) is 11.5 Å². The molecule has 0 N–H and O–H groups in total. The van der Waals surface area contributed by atoms with Gasteiger partial charge in [0.25, 0.3) is 0 Å². The molecular weight excluding hydrogens is 636 g/mol. The Bertz CT molecular complexity index is 2120. The zero-order valence-corrected chi connectivity index (χ0v) is 24.5. The van der Waals surface area contributed by atoms with Gasteiger partial charge in [-0.1, -0.05) is 72.8 Å². The third-order valence-electron chi connectivity index (χ3n) is 9.15. The van der Waals surface area contributed by atoms with E-state index in [9.17, 15) is 35.1 Å². The number of hydrogen-bond acceptors (Lipinski definition) is 1. The zero-order valence-electron chi connectivity index (χ0n) is 24.5. The highest BCUT2D eigenvalue weighted by Gasteiger charge is 2.51. The second-order valence-electron chi connectivity index (χ2n) is 11.7. The lowest BCUT2D eigenvalue weighted by molar-refractivity contribution is -0.140. The van der Waals surface area contributed by atoms with E-state index in [1.807, 2.05) is 24.3 Å². The first-order chi connectivity index (χ1) is 22.9. The van der Waals surface area contributed by atoms with Crippen molar-refractivity contribution in [1.29, 1.82) is 0 Å². The van der Waals surface area contributed by atoms with E-state index in [-0.39, 0.29) is 11.1 Å². The predicted molar refractivity (Wildman–Crippen MR) is 165 cm³/mol. The molecule has 8 rings (SSSR count). The summed E-state index contributed by atoms with van der Waals surface area (Å²) in [5.74, 6) is -1.72. The maximum atomic E-state index is 14.3. The van der Waals surface area contributed by atoms with Crippen LogP contribution < -0.4 is 4.74 Å². The standard InChI is InChI=1S/C39H20F8O/c40-33-15-11-23(19-31(33)38(42,43)44)21-9-13-25-26-14-10-22(24-12-16-34(41)32(20-24)39(45,46)47)18-30(26)37(29(25)17-21)27-5-1-3-7-35(27)48-36-8-4-2-6-28(36)37/h1-20H. The van der Waals surface area contributed by atoms with Gasteiger partial charge in [-0.05, 0) is 93.0 Å². The Hall–Kier alpha value is -5.44. The zero-order chi connectivity index (χ0) is 33.6. The average Bonchev–Trinajstić information content (AvgIpc) is 3.34. The summed E-state index contributed by atoms with van der Waals surface area (Å²) in [6, 6.07) is 30.8. The summed E-state index contributed by atoms with van der Waals surface area (Å²) in [4.78, 5) is 0. The molecule has 48 heavy (non-hydrogen) atoms. The summed E-state index contributed by atoms with van der Waals surface area (Å²) >= 11 is 0. The molecule has 6 aromatic carbocycles. The highest BCUT2D eigenvalue weighted by molar-refractivity contribution is 5.92. The van der Waals surface area contributed by atoms with Crippen molar-refractivity contribution in [2.45, 2.75) is 17.8 Å². The van der Waals surface area contributed by atoms with Gasteiger partial charge in [0, 0.05) is 11.1 Å². The highest BCUT2D eigenvalue weighted by Crippen LogP contribution is 2.63. The van der Waals surface area contributed by atoms with Crippen molar-refractivity contribution < 1.29 is 39.9 Å². The monoisotopic (exact) mass is 656 g/mol. The number of rotatable bonds is 2. The van der Waals surface area contributed by atoms with Crippen LogP contribution in [0.15, 0.2) is 121 Å². The minimum absolute atomic E-state index is 0.151. The molecule has 0 fully saturated rings. The Labute approximate surface area is 268 Å². The highest BCUT2D eigenvalue weighted by atomic mass is 19.4. The minimum atomic E-state index is -4.91. The van der Waals surface area contributed by atoms with Gasteiger partial charge >= 0.3 is 12.4 Å². The normalized spacial score (nSPS) is 14.2. The molecular formula is C39H20F8O. The fourth-order valence-electron chi connectivity index (χ4n) is 7.10. The first-order valence-electron chi connectivity index (χ1n) is 14.8. The summed E-state index contributed by atoms with van der Waals surface area (Å²) in [6.45, 7) is 0. The number of alkyl halides is 6. The Balaban J connectivity index is 1.43. The van der Waals surface area contributed by atoms with Crippen LogP contribution in [-0.2, 0) is 17.8 Å². The third kappa shape index (κ3) is 4.37. The van der Waals surface area contributed by atoms with Gasteiger partial charge in [-0.3, -0.25) is 0 Å². The molecule has 238 valence electrons. The van der Waals surface area contributed by atoms with Gasteiger partial charge in [0.15, 0.2) is 0 Å². The SMILES string of the molecule is Fc1ccc(-c2ccc3c(c2)C2(c4ccccc4Oc4ccccc42)c2cc(-c4ccc(F)c(C(F)(F)F)c4)ccc2-3)cc1C(F)(F)F. The van der Waals surface area contributed by atoms with Crippen LogP contribution >= 0.6 is 0 Å². The molecule has 0 saturated carbocycles. The second-order valence-corrected chi connectivity index (χ2v) is 11.7. The van der Waals surface area contributed by atoms with Crippen molar-refractivity contribution in [3.63, 3.8) is 0 Å². The maximum Gasteiger partial charge on any atom is 0.419 e. The van der Waals surface area contributed by atoms with Crippen LogP contribution in [0.3, 0.4) is 0 Å². The maximum absolute atomic E-state index is 14.3. The van der Waals surface area contributed by atoms with Crippen LogP contribution in [0.25, 0.3) is 33.4 Å². The van der Waals surface area contributed by atoms with Crippen LogP contribution in [0.1, 0.15) is 33.4 Å². The number of fused-ring (bicyclic) bond motifs is 9. The third-order valence-corrected chi connectivity index (χ3v) is 9.15. The molecule has 0 bridgehead atoms. The van der Waals surface area contributed by atoms with Crippen molar-refractivity contribution >= 4 is 0 Å². The smallest absolute Gasteiger partial charge is 0.419 e. The summed E-state index contributed by atoms with van der Waals surface area (Å²) < 4.78 is 117. The number of ether oxygens (including phenoxy) is 1. The van der Waals surface area contributed by atoms with E-state index in [4.69, 9.17) is 4.74 Å². The molecule has 9 heteroatoms. The largest absolute Gasteiger partial charge is 0.457 e. The fraction of sp³-hybridized carbons (Fsp3) is 0.0769. The van der Waals surface area contributed by atoms with Crippen LogP contribution in [0.2, 0.25) is 0 Å². The van der Waals surface area contributed by atoms with Gasteiger partial charge in [-0.25, -0.2) is 8.78 Å². The number of benzene rings is 6. The number of para-hydroxylation sites is 2. The summed E-state index contributed by atoms with van der Waals surface area (Å²) in [5, 5.41) is 0. The molecule has 0 unspecified atom stereocenters. The molecule has 2 aliphatic rings. The molecule has 0 amide bonds. The topological polar surface area (TPSA) is 9.23 Å². The van der Waals surface area contributed by atoms with E-state index < -0.39 is 40.5 Å². The molecule has 0 saturated heterocycles. The first-order valence-corrected chi connectivity index (χ1v) is 14.8. The van der Waals surface area contributed by atoms with Gasteiger partial charge in [-0.2, -0.15) is 26.3 Å². The van der Waals surface area contributed by atoms with Gasteiger partial charge in [0.2, 0.25) is 0 Å². The number of halogens is 8. The van der Waals surface area contributed by atoms with Crippen LogP contribution in [-0.4, -0.2) is 0 Å². The molecule has 1 spiro atoms. The lowest BCUT2D eigenvalue weighted by Gasteiger charge is -2.39. The Kier molecular flexibility index (Phi) is 6.41. The van der Waals surface area contributed by atoms with Crippen LogP contribution in [0, 0.1) is 11.6 Å². The summed E-state index contributed by atoms with van der Waals surface area (Å²) in [7, 11) is 0. The molecule has 1 nitrogen and oxygen atoms in total. The van der Waals surface area contributed by atoms with E-state index in [0.717, 1.165) is 35.4 Å². The fourth-order valence-corrected chi connectivity index (χ4v) is 7.10. The molecule has 0 atom stereocenters. The minimum Gasteiger partial charge on any atom is -0.457 e. The van der Waals surface area contributed by atoms with Crippen LogP contribution in [0.4, 0.5) is 35.1 Å². The second kappa shape index (κ2) is 10.3. The van der Waals surface area contributed by atoms with Gasteiger partial charge in [0.1, 0.15) is 23.1 Å². The Morgan fingerprint density at radius 2 is 0.792 bits per heavy atom. The van der Waals surface area contributed by atoms with E-state index in [1.54, 1.807) is 60.7 Å². The summed E-state index contributed by atoms with van der Waals surface area (Å²) in [5.41, 5.74) is 1.53. The van der Waals surface area contributed by atoms with Gasteiger partial charge < -0.3 is 4.74 Å². The van der Waals surface area contributed by atoms with Gasteiger partial charge in [-0.15, -0.1) is 0 Å². The average molecular weight is 657 g/mol. The lowest BCUT2D eigenvalue weighted by atomic mass is 9.65. The molecule has 1 heterocycles. The van der Waals surface area contributed by atoms with E-state index >= 15 is 0 Å². The Morgan fingerprint density at radius 1 is 0.417 bits per heavy atom. The van der Waals surface area contributed by atoms with E-state index in [2.05, 4.69) is 0 Å². The molecule has 6 aromatic rings.